The molecule has 1 aliphatic rings. The first-order valence-electron chi connectivity index (χ1n) is 5.81. The van der Waals surface area contributed by atoms with Crippen LogP contribution in [0.1, 0.15) is 18.4 Å². The van der Waals surface area contributed by atoms with Gasteiger partial charge >= 0.3 is 0 Å². The van der Waals surface area contributed by atoms with E-state index in [2.05, 4.69) is 17.4 Å². The van der Waals surface area contributed by atoms with Gasteiger partial charge in [-0.25, -0.2) is 4.39 Å². The molecular weight excluding hydrogens is 201 g/mol. The lowest BCUT2D eigenvalue weighted by molar-refractivity contribution is 0.290. The van der Waals surface area contributed by atoms with E-state index < -0.39 is 0 Å². The van der Waals surface area contributed by atoms with Gasteiger partial charge in [0.2, 0.25) is 0 Å². The Balaban J connectivity index is 1.84. The van der Waals surface area contributed by atoms with Gasteiger partial charge in [0.15, 0.2) is 0 Å². The van der Waals surface area contributed by atoms with Gasteiger partial charge in [-0.05, 0) is 43.5 Å². The summed E-state index contributed by atoms with van der Waals surface area (Å²) in [5.41, 5.74) is 0.931. The highest BCUT2D eigenvalue weighted by molar-refractivity contribution is 5.49. The Bertz CT molecular complexity index is 354. The van der Waals surface area contributed by atoms with E-state index >= 15 is 0 Å². The van der Waals surface area contributed by atoms with Crippen LogP contribution in [-0.2, 0) is 0 Å². The van der Waals surface area contributed by atoms with Crippen molar-refractivity contribution in [3.05, 3.63) is 48.1 Å². The third kappa shape index (κ3) is 3.46. The Labute approximate surface area is 96.6 Å². The highest BCUT2D eigenvalue weighted by Gasteiger charge is 2.07. The van der Waals surface area contributed by atoms with E-state index in [1.165, 1.54) is 25.5 Å². The second kappa shape index (κ2) is 5.80. The molecule has 0 aromatic heterocycles. The van der Waals surface area contributed by atoms with E-state index in [9.17, 15) is 4.39 Å². The molecule has 0 N–H and O–H groups in total. The van der Waals surface area contributed by atoms with Crippen LogP contribution in [0.3, 0.4) is 0 Å². The lowest BCUT2D eigenvalue weighted by Crippen LogP contribution is -2.29. The Hall–Kier alpha value is -1.15. The molecule has 0 unspecified atom stereocenters. The zero-order chi connectivity index (χ0) is 11.2. The van der Waals surface area contributed by atoms with Crippen LogP contribution >= 0.6 is 0 Å². The van der Waals surface area contributed by atoms with Crippen molar-refractivity contribution in [2.24, 2.45) is 0 Å². The number of piperidine rings is 1. The smallest absolute Gasteiger partial charge is 0.123 e. The number of rotatable bonds is 3. The van der Waals surface area contributed by atoms with E-state index in [0.29, 0.717) is 0 Å². The summed E-state index contributed by atoms with van der Waals surface area (Å²) in [4.78, 5) is 2.39. The molecule has 2 rings (SSSR count). The molecule has 1 aromatic carbocycles. The average molecular weight is 218 g/mol. The summed E-state index contributed by atoms with van der Waals surface area (Å²) in [5, 5.41) is 0. The predicted octanol–water partition coefficient (Wildman–Crippen LogP) is 3.14. The lowest BCUT2D eigenvalue weighted by atomic mass is 10.1. The van der Waals surface area contributed by atoms with E-state index in [-0.39, 0.29) is 5.82 Å². The van der Waals surface area contributed by atoms with Crippen LogP contribution in [-0.4, -0.2) is 24.5 Å². The van der Waals surface area contributed by atoms with Crippen LogP contribution < -0.4 is 0 Å². The largest absolute Gasteiger partial charge is 0.299 e. The summed E-state index contributed by atoms with van der Waals surface area (Å²) < 4.78 is 12.9. The highest BCUT2D eigenvalue weighted by atomic mass is 19.1. The molecule has 0 amide bonds. The van der Waals surface area contributed by atoms with Gasteiger partial charge in [0.1, 0.15) is 5.82 Å². The van der Waals surface area contributed by atoms with E-state index in [1.54, 1.807) is 12.1 Å². The van der Waals surface area contributed by atoms with Gasteiger partial charge < -0.3 is 0 Å². The first kappa shape index (κ1) is 11.3. The molecule has 85 valence electrons. The van der Waals surface area contributed by atoms with Gasteiger partial charge in [-0.1, -0.05) is 24.3 Å². The van der Waals surface area contributed by atoms with Gasteiger partial charge in [0, 0.05) is 13.1 Å². The molecule has 1 fully saturated rings. The quantitative estimate of drug-likeness (QED) is 0.753. The van der Waals surface area contributed by atoms with Crippen LogP contribution in [0.2, 0.25) is 0 Å². The van der Waals surface area contributed by atoms with Gasteiger partial charge in [0.25, 0.3) is 0 Å². The molecule has 0 bridgehead atoms. The first-order chi connectivity index (χ1) is 7.84. The topological polar surface area (TPSA) is 3.24 Å². The molecule has 0 aliphatic carbocycles. The number of likely N-dealkylation sites (tertiary alicyclic amines) is 1. The van der Waals surface area contributed by atoms with Crippen molar-refractivity contribution in [3.8, 4) is 0 Å². The second-order valence-electron chi connectivity index (χ2n) is 4.15. The van der Waals surface area contributed by atoms with Crippen LogP contribution in [0.25, 0.3) is 6.08 Å². The SMILES string of the molecule is Fc1cccc(C=CCN2C[CH]CCC2)c1. The number of hydrogen-bond acceptors (Lipinski definition) is 1. The Morgan fingerprint density at radius 1 is 1.38 bits per heavy atom. The second-order valence-corrected chi connectivity index (χ2v) is 4.15. The van der Waals surface area contributed by atoms with Crippen molar-refractivity contribution in [2.45, 2.75) is 12.8 Å². The normalized spacial score (nSPS) is 18.1. The fraction of sp³-hybridized carbons (Fsp3) is 0.357. The molecule has 1 radical (unpaired) electrons. The summed E-state index contributed by atoms with van der Waals surface area (Å²) in [6.45, 7) is 3.20. The standard InChI is InChI=1S/C14H17FN/c15-14-8-4-6-13(12-14)7-5-11-16-9-2-1-3-10-16/h2,4-8,12H,1,3,9-11H2. The van der Waals surface area contributed by atoms with E-state index in [0.717, 1.165) is 18.7 Å². The van der Waals surface area contributed by atoms with Crippen molar-refractivity contribution < 1.29 is 4.39 Å². The van der Waals surface area contributed by atoms with Crippen LogP contribution in [0, 0.1) is 12.2 Å². The van der Waals surface area contributed by atoms with Gasteiger partial charge in [0.05, 0.1) is 0 Å². The Kier molecular flexibility index (Phi) is 4.11. The minimum absolute atomic E-state index is 0.173. The monoisotopic (exact) mass is 218 g/mol. The number of hydrogen-bond donors (Lipinski definition) is 0. The molecule has 1 aromatic rings. The maximum absolute atomic E-state index is 12.9. The molecule has 1 saturated heterocycles. The molecule has 0 atom stereocenters. The molecule has 1 heterocycles. The molecule has 1 aliphatic heterocycles. The molecule has 2 heteroatoms. The zero-order valence-corrected chi connectivity index (χ0v) is 9.40. The summed E-state index contributed by atoms with van der Waals surface area (Å²) in [5.74, 6) is -0.173. The molecule has 1 nitrogen and oxygen atoms in total. The Morgan fingerprint density at radius 3 is 3.06 bits per heavy atom. The van der Waals surface area contributed by atoms with Gasteiger partial charge in [-0.2, -0.15) is 0 Å². The maximum Gasteiger partial charge on any atom is 0.123 e. The van der Waals surface area contributed by atoms with Crippen LogP contribution in [0.5, 0.6) is 0 Å². The fourth-order valence-corrected chi connectivity index (χ4v) is 1.94. The van der Waals surface area contributed by atoms with Crippen LogP contribution in [0.4, 0.5) is 4.39 Å². The van der Waals surface area contributed by atoms with Crippen molar-refractivity contribution in [1.82, 2.24) is 4.90 Å². The van der Waals surface area contributed by atoms with E-state index in [1.807, 2.05) is 12.1 Å². The molecular formula is C14H17FN. The maximum atomic E-state index is 12.9. The lowest BCUT2D eigenvalue weighted by Gasteiger charge is -2.24. The van der Waals surface area contributed by atoms with Crippen molar-refractivity contribution in [1.29, 1.82) is 0 Å². The van der Waals surface area contributed by atoms with Gasteiger partial charge in [-0.3, -0.25) is 4.90 Å². The highest BCUT2D eigenvalue weighted by Crippen LogP contribution is 2.09. The third-order valence-corrected chi connectivity index (χ3v) is 2.79. The Morgan fingerprint density at radius 2 is 2.31 bits per heavy atom. The summed E-state index contributed by atoms with van der Waals surface area (Å²) >= 11 is 0. The number of nitrogens with zero attached hydrogens (tertiary/aromatic N) is 1. The van der Waals surface area contributed by atoms with Crippen molar-refractivity contribution in [3.63, 3.8) is 0 Å². The molecule has 0 saturated carbocycles. The summed E-state index contributed by atoms with van der Waals surface area (Å²) in [6, 6.07) is 6.68. The van der Waals surface area contributed by atoms with Crippen molar-refractivity contribution in [2.75, 3.05) is 19.6 Å². The minimum atomic E-state index is -0.173. The predicted molar refractivity (Wildman–Crippen MR) is 65.4 cm³/mol. The third-order valence-electron chi connectivity index (χ3n) is 2.79. The molecule has 0 spiro atoms. The summed E-state index contributed by atoms with van der Waals surface area (Å²) in [6.07, 6.45) is 8.91. The van der Waals surface area contributed by atoms with Crippen molar-refractivity contribution >= 4 is 6.08 Å². The van der Waals surface area contributed by atoms with Crippen LogP contribution in [0.15, 0.2) is 30.3 Å². The summed E-state index contributed by atoms with van der Waals surface area (Å²) in [7, 11) is 0. The average Bonchev–Trinajstić information content (AvgIpc) is 2.30. The minimum Gasteiger partial charge on any atom is -0.299 e. The number of benzene rings is 1. The first-order valence-corrected chi connectivity index (χ1v) is 5.81. The fourth-order valence-electron chi connectivity index (χ4n) is 1.94. The molecule has 16 heavy (non-hydrogen) atoms. The zero-order valence-electron chi connectivity index (χ0n) is 9.40. The van der Waals surface area contributed by atoms with E-state index in [4.69, 9.17) is 0 Å². The van der Waals surface area contributed by atoms with Gasteiger partial charge in [-0.15, -0.1) is 0 Å². The number of halogens is 1.